The summed E-state index contributed by atoms with van der Waals surface area (Å²) >= 11 is 0. The predicted octanol–water partition coefficient (Wildman–Crippen LogP) is 2.11. The van der Waals surface area contributed by atoms with Crippen LogP contribution in [0.4, 0.5) is 5.69 Å². The van der Waals surface area contributed by atoms with Gasteiger partial charge in [0.15, 0.2) is 0 Å². The Bertz CT molecular complexity index is 464. The van der Waals surface area contributed by atoms with Crippen LogP contribution in [0.5, 0.6) is 0 Å². The molecule has 0 amide bonds. The van der Waals surface area contributed by atoms with Crippen molar-refractivity contribution in [2.45, 2.75) is 19.8 Å². The largest absolute Gasteiger partial charge is 0.308 e. The average molecular weight is 270 g/mol. The van der Waals surface area contributed by atoms with Gasteiger partial charge in [0.2, 0.25) is 10.0 Å². The van der Waals surface area contributed by atoms with Crippen molar-refractivity contribution in [2.24, 2.45) is 0 Å². The minimum absolute atomic E-state index is 0.103. The second-order valence-electron chi connectivity index (χ2n) is 5.00. The van der Waals surface area contributed by atoms with Crippen molar-refractivity contribution >= 4 is 15.7 Å². The Balaban J connectivity index is 2.66. The van der Waals surface area contributed by atoms with Crippen molar-refractivity contribution in [3.05, 3.63) is 29.8 Å². The molecule has 4 nitrogen and oxygen atoms in total. The van der Waals surface area contributed by atoms with Gasteiger partial charge in [0, 0.05) is 12.2 Å². The van der Waals surface area contributed by atoms with Crippen LogP contribution in [0.1, 0.15) is 25.3 Å². The molecular weight excluding hydrogens is 248 g/mol. The van der Waals surface area contributed by atoms with E-state index in [2.05, 4.69) is 18.6 Å². The fraction of sp³-hybridized carbons (Fsp3) is 0.538. The van der Waals surface area contributed by atoms with E-state index >= 15 is 0 Å². The van der Waals surface area contributed by atoms with Crippen molar-refractivity contribution in [2.75, 3.05) is 31.1 Å². The highest BCUT2D eigenvalue weighted by molar-refractivity contribution is 7.92. The van der Waals surface area contributed by atoms with E-state index in [1.807, 2.05) is 43.3 Å². The number of nitrogens with one attached hydrogen (secondary N) is 1. The molecule has 0 aliphatic carbocycles. The molecular formula is C13H22N2O2S. The third-order valence-electron chi connectivity index (χ3n) is 2.66. The maximum atomic E-state index is 11.8. The normalized spacial score (nSPS) is 12.1. The number of hydrogen-bond acceptors (Lipinski definition) is 3. The molecule has 0 saturated carbocycles. The minimum Gasteiger partial charge on any atom is -0.308 e. The van der Waals surface area contributed by atoms with Crippen LogP contribution in [0.25, 0.3) is 0 Å². The second-order valence-corrected chi connectivity index (χ2v) is 6.84. The predicted molar refractivity (Wildman–Crippen MR) is 76.5 cm³/mol. The molecule has 0 spiro atoms. The third-order valence-corrected chi connectivity index (χ3v) is 3.92. The van der Waals surface area contributed by atoms with E-state index in [-0.39, 0.29) is 5.75 Å². The fourth-order valence-corrected chi connectivity index (χ4v) is 2.67. The molecule has 1 N–H and O–H groups in total. The summed E-state index contributed by atoms with van der Waals surface area (Å²) in [5, 5.41) is 0. The fourth-order valence-electron chi connectivity index (χ4n) is 1.47. The lowest BCUT2D eigenvalue weighted by molar-refractivity contribution is 0.432. The zero-order valence-corrected chi connectivity index (χ0v) is 12.3. The molecule has 0 aliphatic heterocycles. The van der Waals surface area contributed by atoms with Gasteiger partial charge < -0.3 is 4.90 Å². The highest BCUT2D eigenvalue weighted by Crippen LogP contribution is 2.17. The molecule has 1 aromatic rings. The van der Waals surface area contributed by atoms with Gasteiger partial charge in [0.05, 0.1) is 5.75 Å². The van der Waals surface area contributed by atoms with Crippen LogP contribution in [-0.4, -0.2) is 39.7 Å². The van der Waals surface area contributed by atoms with Gasteiger partial charge in [-0.05, 0) is 37.7 Å². The Kier molecular flexibility index (Phi) is 5.16. The Morgan fingerprint density at radius 3 is 2.17 bits per heavy atom. The Morgan fingerprint density at radius 1 is 1.17 bits per heavy atom. The quantitative estimate of drug-likeness (QED) is 0.861. The highest BCUT2D eigenvalue weighted by Gasteiger charge is 2.10. The highest BCUT2D eigenvalue weighted by atomic mass is 32.2. The lowest BCUT2D eigenvalue weighted by atomic mass is 10.0. The van der Waals surface area contributed by atoms with Gasteiger partial charge in [-0.2, -0.15) is 0 Å². The Hall–Kier alpha value is -1.07. The number of nitrogens with zero attached hydrogens (tertiary/aromatic N) is 1. The number of hydrogen-bond donors (Lipinski definition) is 1. The van der Waals surface area contributed by atoms with Crippen molar-refractivity contribution in [1.29, 1.82) is 0 Å². The van der Waals surface area contributed by atoms with E-state index in [1.165, 1.54) is 5.56 Å². The molecule has 0 unspecified atom stereocenters. The zero-order valence-electron chi connectivity index (χ0n) is 11.5. The van der Waals surface area contributed by atoms with Gasteiger partial charge >= 0.3 is 0 Å². The molecule has 0 atom stereocenters. The first kappa shape index (κ1) is 15.0. The van der Waals surface area contributed by atoms with E-state index in [0.29, 0.717) is 18.2 Å². The molecule has 5 heteroatoms. The summed E-state index contributed by atoms with van der Waals surface area (Å²) in [5.41, 5.74) is 1.82. The van der Waals surface area contributed by atoms with Crippen molar-refractivity contribution < 1.29 is 8.42 Å². The maximum absolute atomic E-state index is 11.8. The van der Waals surface area contributed by atoms with Gasteiger partial charge in [-0.15, -0.1) is 0 Å². The molecule has 0 saturated heterocycles. The van der Waals surface area contributed by atoms with Crippen LogP contribution in [0.2, 0.25) is 0 Å². The van der Waals surface area contributed by atoms with E-state index < -0.39 is 10.0 Å². The van der Waals surface area contributed by atoms with Crippen molar-refractivity contribution in [3.63, 3.8) is 0 Å². The lowest BCUT2D eigenvalue weighted by Crippen LogP contribution is -2.26. The van der Waals surface area contributed by atoms with Crippen LogP contribution in [-0.2, 0) is 10.0 Å². The van der Waals surface area contributed by atoms with Crippen LogP contribution in [0, 0.1) is 0 Å². The summed E-state index contributed by atoms with van der Waals surface area (Å²) in [7, 11) is 0.454. The number of sulfonamides is 1. The molecule has 0 radical (unpaired) electrons. The SMILES string of the molecule is CC(C)c1ccc(NS(=O)(=O)CCN(C)C)cc1. The first-order valence-corrected chi connectivity index (χ1v) is 7.70. The van der Waals surface area contributed by atoms with Gasteiger partial charge in [-0.1, -0.05) is 26.0 Å². The number of benzene rings is 1. The summed E-state index contributed by atoms with van der Waals surface area (Å²) < 4.78 is 26.2. The molecule has 0 bridgehead atoms. The van der Waals surface area contributed by atoms with Crippen LogP contribution < -0.4 is 4.72 Å². The Labute approximate surface area is 110 Å². The number of rotatable bonds is 6. The molecule has 0 heterocycles. The Morgan fingerprint density at radius 2 is 1.72 bits per heavy atom. The third kappa shape index (κ3) is 5.06. The van der Waals surface area contributed by atoms with E-state index in [4.69, 9.17) is 0 Å². The summed E-state index contributed by atoms with van der Waals surface area (Å²) in [6.45, 7) is 4.73. The average Bonchev–Trinajstić information content (AvgIpc) is 2.27. The van der Waals surface area contributed by atoms with E-state index in [9.17, 15) is 8.42 Å². The molecule has 0 aliphatic rings. The van der Waals surface area contributed by atoms with Crippen molar-refractivity contribution in [3.8, 4) is 0 Å². The minimum atomic E-state index is -3.25. The van der Waals surface area contributed by atoms with Gasteiger partial charge in [0.25, 0.3) is 0 Å². The smallest absolute Gasteiger partial charge is 0.233 e. The molecule has 102 valence electrons. The molecule has 18 heavy (non-hydrogen) atoms. The van der Waals surface area contributed by atoms with E-state index in [1.54, 1.807) is 0 Å². The molecule has 1 rings (SSSR count). The summed E-state index contributed by atoms with van der Waals surface area (Å²) in [4.78, 5) is 1.85. The molecule has 1 aromatic carbocycles. The monoisotopic (exact) mass is 270 g/mol. The number of anilines is 1. The summed E-state index contributed by atoms with van der Waals surface area (Å²) in [6, 6.07) is 7.52. The summed E-state index contributed by atoms with van der Waals surface area (Å²) in [6.07, 6.45) is 0. The van der Waals surface area contributed by atoms with Gasteiger partial charge in [-0.3, -0.25) is 4.72 Å². The zero-order chi connectivity index (χ0) is 13.8. The van der Waals surface area contributed by atoms with Crippen LogP contribution in [0.3, 0.4) is 0 Å². The first-order chi connectivity index (χ1) is 8.30. The topological polar surface area (TPSA) is 49.4 Å². The first-order valence-electron chi connectivity index (χ1n) is 6.05. The molecule has 0 aromatic heterocycles. The maximum Gasteiger partial charge on any atom is 0.233 e. The van der Waals surface area contributed by atoms with Gasteiger partial charge in [0.1, 0.15) is 0 Å². The van der Waals surface area contributed by atoms with Crippen LogP contribution in [0.15, 0.2) is 24.3 Å². The van der Waals surface area contributed by atoms with Crippen LogP contribution >= 0.6 is 0 Å². The molecule has 0 fully saturated rings. The van der Waals surface area contributed by atoms with E-state index in [0.717, 1.165) is 0 Å². The van der Waals surface area contributed by atoms with Crippen molar-refractivity contribution in [1.82, 2.24) is 4.90 Å². The lowest BCUT2D eigenvalue weighted by Gasteiger charge is -2.12. The summed E-state index contributed by atoms with van der Waals surface area (Å²) in [5.74, 6) is 0.552. The second kappa shape index (κ2) is 6.20. The standard InChI is InChI=1S/C13H22N2O2S/c1-11(2)12-5-7-13(8-6-12)14-18(16,17)10-9-15(3)4/h5-8,11,14H,9-10H2,1-4H3. The van der Waals surface area contributed by atoms with Gasteiger partial charge in [-0.25, -0.2) is 8.42 Å².